The van der Waals surface area contributed by atoms with Crippen LogP contribution in [0.4, 0.5) is 5.69 Å². The van der Waals surface area contributed by atoms with Gasteiger partial charge >= 0.3 is 0 Å². The van der Waals surface area contributed by atoms with Crippen LogP contribution in [-0.4, -0.2) is 69.1 Å². The second-order valence-electron chi connectivity index (χ2n) is 9.16. The van der Waals surface area contributed by atoms with Crippen molar-refractivity contribution in [1.29, 1.82) is 0 Å². The predicted octanol–water partition coefficient (Wildman–Crippen LogP) is 3.34. The number of hydrogen-bond acceptors (Lipinski definition) is 6. The topological polar surface area (TPSA) is 80.3 Å². The maximum absolute atomic E-state index is 13.4. The quantitative estimate of drug-likeness (QED) is 0.623. The standard InChI is InChI=1S/C27H35N3O5/c1-33-23-8-4-7-22(16-23)28-26(31)10-12-29-11-5-6-20(17-29)27(32)30-13-9-19-14-24(34-2)25(35-3)15-21(19)18-30/h4,7-8,14-16,20H,5-6,9-13,17-18H2,1-3H3,(H,28,31)/t20-/m0/s1. The normalized spacial score (nSPS) is 17.9. The van der Waals surface area contributed by atoms with Gasteiger partial charge in [-0.3, -0.25) is 9.59 Å². The summed E-state index contributed by atoms with van der Waals surface area (Å²) in [6.07, 6.45) is 3.04. The molecule has 2 aliphatic heterocycles. The smallest absolute Gasteiger partial charge is 0.227 e. The minimum atomic E-state index is -0.0382. The third-order valence-electron chi connectivity index (χ3n) is 6.89. The molecular formula is C27H35N3O5. The summed E-state index contributed by atoms with van der Waals surface area (Å²) < 4.78 is 16.1. The van der Waals surface area contributed by atoms with E-state index in [0.29, 0.717) is 44.1 Å². The Morgan fingerprint density at radius 3 is 2.51 bits per heavy atom. The van der Waals surface area contributed by atoms with Crippen LogP contribution in [0.3, 0.4) is 0 Å². The number of fused-ring (bicyclic) bond motifs is 1. The monoisotopic (exact) mass is 481 g/mol. The molecule has 1 fully saturated rings. The first-order valence-electron chi connectivity index (χ1n) is 12.2. The molecule has 0 aliphatic carbocycles. The Morgan fingerprint density at radius 2 is 1.77 bits per heavy atom. The first-order chi connectivity index (χ1) is 17.0. The average Bonchev–Trinajstić information content (AvgIpc) is 2.90. The third-order valence-corrected chi connectivity index (χ3v) is 6.89. The van der Waals surface area contributed by atoms with Crippen LogP contribution in [0.25, 0.3) is 0 Å². The van der Waals surface area contributed by atoms with Crippen LogP contribution in [0.2, 0.25) is 0 Å². The van der Waals surface area contributed by atoms with Crippen LogP contribution in [0.5, 0.6) is 17.2 Å². The van der Waals surface area contributed by atoms with Crippen molar-refractivity contribution in [2.75, 3.05) is 52.8 Å². The van der Waals surface area contributed by atoms with Crippen molar-refractivity contribution in [2.45, 2.75) is 32.2 Å². The van der Waals surface area contributed by atoms with Gasteiger partial charge in [-0.15, -0.1) is 0 Å². The molecule has 2 amide bonds. The number of nitrogens with one attached hydrogen (secondary N) is 1. The van der Waals surface area contributed by atoms with Gasteiger partial charge in [-0.2, -0.15) is 0 Å². The third kappa shape index (κ3) is 6.06. The highest BCUT2D eigenvalue weighted by Gasteiger charge is 2.31. The van der Waals surface area contributed by atoms with Crippen LogP contribution in [0.15, 0.2) is 36.4 Å². The van der Waals surface area contributed by atoms with Crippen LogP contribution in [0.1, 0.15) is 30.4 Å². The first kappa shape index (κ1) is 24.9. The Bertz CT molecular complexity index is 1060. The minimum absolute atomic E-state index is 0.0353. The van der Waals surface area contributed by atoms with Crippen LogP contribution in [0, 0.1) is 5.92 Å². The van der Waals surface area contributed by atoms with Crippen molar-refractivity contribution in [3.8, 4) is 17.2 Å². The van der Waals surface area contributed by atoms with E-state index in [9.17, 15) is 9.59 Å². The molecule has 4 rings (SSSR count). The fourth-order valence-corrected chi connectivity index (χ4v) is 4.97. The number of ether oxygens (including phenoxy) is 3. The summed E-state index contributed by atoms with van der Waals surface area (Å²) in [4.78, 5) is 30.0. The van der Waals surface area contributed by atoms with Crippen LogP contribution >= 0.6 is 0 Å². The fraction of sp³-hybridized carbons (Fsp3) is 0.481. The maximum Gasteiger partial charge on any atom is 0.227 e. The Hall–Kier alpha value is -3.26. The number of carbonyl (C=O) groups excluding carboxylic acids is 2. The molecule has 2 heterocycles. The summed E-state index contributed by atoms with van der Waals surface area (Å²) in [7, 11) is 4.87. The summed E-state index contributed by atoms with van der Waals surface area (Å²) in [5, 5.41) is 2.93. The molecule has 1 saturated heterocycles. The average molecular weight is 482 g/mol. The summed E-state index contributed by atoms with van der Waals surface area (Å²) in [5.74, 6) is 2.26. The molecule has 0 unspecified atom stereocenters. The Labute approximate surface area is 207 Å². The summed E-state index contributed by atoms with van der Waals surface area (Å²) in [6, 6.07) is 11.3. The van der Waals surface area contributed by atoms with E-state index in [2.05, 4.69) is 10.2 Å². The van der Waals surface area contributed by atoms with E-state index in [0.717, 1.165) is 42.8 Å². The molecule has 2 aliphatic rings. The number of rotatable bonds is 8. The number of amides is 2. The van der Waals surface area contributed by atoms with E-state index in [1.807, 2.05) is 35.2 Å². The molecule has 2 aromatic carbocycles. The van der Waals surface area contributed by atoms with Crippen molar-refractivity contribution < 1.29 is 23.8 Å². The lowest BCUT2D eigenvalue weighted by Gasteiger charge is -2.36. The van der Waals surface area contributed by atoms with E-state index in [4.69, 9.17) is 14.2 Å². The van der Waals surface area contributed by atoms with Crippen molar-refractivity contribution >= 4 is 17.5 Å². The van der Waals surface area contributed by atoms with Gasteiger partial charge in [0.05, 0.1) is 27.2 Å². The second-order valence-corrected chi connectivity index (χ2v) is 9.16. The number of piperidine rings is 1. The molecule has 1 N–H and O–H groups in total. The molecule has 0 aromatic heterocycles. The number of methoxy groups -OCH3 is 3. The molecule has 0 radical (unpaired) electrons. The lowest BCUT2D eigenvalue weighted by Crippen LogP contribution is -2.46. The first-order valence-corrected chi connectivity index (χ1v) is 12.2. The Kier molecular flexibility index (Phi) is 8.13. The van der Waals surface area contributed by atoms with Gasteiger partial charge in [0, 0.05) is 44.4 Å². The van der Waals surface area contributed by atoms with E-state index >= 15 is 0 Å². The molecule has 0 bridgehead atoms. The van der Waals surface area contributed by atoms with Gasteiger partial charge in [-0.05, 0) is 61.2 Å². The fourth-order valence-electron chi connectivity index (χ4n) is 4.97. The number of benzene rings is 2. The number of hydrogen-bond donors (Lipinski definition) is 1. The highest BCUT2D eigenvalue weighted by atomic mass is 16.5. The lowest BCUT2D eigenvalue weighted by atomic mass is 9.93. The highest BCUT2D eigenvalue weighted by Crippen LogP contribution is 2.34. The lowest BCUT2D eigenvalue weighted by molar-refractivity contribution is -0.138. The molecular weight excluding hydrogens is 446 g/mol. The number of likely N-dealkylation sites (tertiary alicyclic amines) is 1. The predicted molar refractivity (Wildman–Crippen MR) is 134 cm³/mol. The van der Waals surface area contributed by atoms with E-state index in [1.54, 1.807) is 27.4 Å². The van der Waals surface area contributed by atoms with Gasteiger partial charge in [-0.1, -0.05) is 6.07 Å². The van der Waals surface area contributed by atoms with Crippen LogP contribution in [-0.2, 0) is 22.6 Å². The van der Waals surface area contributed by atoms with E-state index in [-0.39, 0.29) is 17.7 Å². The zero-order chi connectivity index (χ0) is 24.8. The molecule has 0 saturated carbocycles. The van der Waals surface area contributed by atoms with Gasteiger partial charge in [0.2, 0.25) is 11.8 Å². The summed E-state index contributed by atoms with van der Waals surface area (Å²) >= 11 is 0. The van der Waals surface area contributed by atoms with Gasteiger partial charge < -0.3 is 29.3 Å². The highest BCUT2D eigenvalue weighted by molar-refractivity contribution is 5.91. The largest absolute Gasteiger partial charge is 0.497 e. The number of nitrogens with zero attached hydrogens (tertiary/aromatic N) is 2. The number of carbonyl (C=O) groups is 2. The molecule has 188 valence electrons. The van der Waals surface area contributed by atoms with Gasteiger partial charge in [-0.25, -0.2) is 0 Å². The van der Waals surface area contributed by atoms with Crippen molar-refractivity contribution in [3.05, 3.63) is 47.5 Å². The maximum atomic E-state index is 13.4. The SMILES string of the molecule is COc1cccc(NC(=O)CCN2CCC[C@H](C(=O)N3CCc4cc(OC)c(OC)cc4C3)C2)c1. The van der Waals surface area contributed by atoms with Crippen molar-refractivity contribution in [1.82, 2.24) is 9.80 Å². The second kappa shape index (κ2) is 11.4. The van der Waals surface area contributed by atoms with Crippen molar-refractivity contribution in [2.24, 2.45) is 5.92 Å². The molecule has 1 atom stereocenters. The number of anilines is 1. The Balaban J connectivity index is 1.30. The van der Waals surface area contributed by atoms with E-state index < -0.39 is 0 Å². The molecule has 8 nitrogen and oxygen atoms in total. The minimum Gasteiger partial charge on any atom is -0.497 e. The molecule has 0 spiro atoms. The molecule has 2 aromatic rings. The zero-order valence-corrected chi connectivity index (χ0v) is 20.8. The Morgan fingerprint density at radius 1 is 1.00 bits per heavy atom. The van der Waals surface area contributed by atoms with Gasteiger partial charge in [0.1, 0.15) is 5.75 Å². The molecule has 35 heavy (non-hydrogen) atoms. The summed E-state index contributed by atoms with van der Waals surface area (Å²) in [5.41, 5.74) is 3.05. The zero-order valence-electron chi connectivity index (χ0n) is 20.8. The van der Waals surface area contributed by atoms with Crippen molar-refractivity contribution in [3.63, 3.8) is 0 Å². The van der Waals surface area contributed by atoms with Crippen LogP contribution < -0.4 is 19.5 Å². The molecule has 8 heteroatoms. The van der Waals surface area contributed by atoms with Gasteiger partial charge in [0.15, 0.2) is 11.5 Å². The van der Waals surface area contributed by atoms with E-state index in [1.165, 1.54) is 5.56 Å². The summed E-state index contributed by atoms with van der Waals surface area (Å²) in [6.45, 7) is 3.55. The van der Waals surface area contributed by atoms with Gasteiger partial charge in [0.25, 0.3) is 0 Å².